The second-order valence-electron chi connectivity index (χ2n) is 5.91. The van der Waals surface area contributed by atoms with Crippen molar-refractivity contribution in [2.75, 3.05) is 16.8 Å². The van der Waals surface area contributed by atoms with Crippen LogP contribution in [0.5, 0.6) is 0 Å². The number of rotatable bonds is 4. The minimum Gasteiger partial charge on any atom is -0.322 e. The maximum absolute atomic E-state index is 12.4. The van der Waals surface area contributed by atoms with Crippen LogP contribution < -0.4 is 10.2 Å². The molecule has 1 fully saturated rings. The molecule has 1 aliphatic rings. The second-order valence-corrected chi connectivity index (χ2v) is 5.91. The molecule has 128 valence electrons. The zero-order valence-electron chi connectivity index (χ0n) is 13.7. The third-order valence-electron chi connectivity index (χ3n) is 4.14. The molecule has 3 rings (SSSR count). The molecule has 0 unspecified atom stereocenters. The Hall–Kier alpha value is -3.22. The van der Waals surface area contributed by atoms with Crippen LogP contribution in [-0.4, -0.2) is 23.3 Å². The van der Waals surface area contributed by atoms with Gasteiger partial charge >= 0.3 is 0 Å². The zero-order chi connectivity index (χ0) is 18.0. The van der Waals surface area contributed by atoms with Crippen LogP contribution in [0.1, 0.15) is 28.8 Å². The Morgan fingerprint density at radius 3 is 2.68 bits per heavy atom. The number of hydrogen-bond donors (Lipinski definition) is 1. The van der Waals surface area contributed by atoms with Gasteiger partial charge in [-0.05, 0) is 43.7 Å². The maximum atomic E-state index is 12.4. The van der Waals surface area contributed by atoms with E-state index in [1.165, 1.54) is 18.2 Å². The van der Waals surface area contributed by atoms with Gasteiger partial charge in [0, 0.05) is 41.5 Å². The molecule has 0 aromatic heterocycles. The molecule has 1 saturated heterocycles. The molecular weight excluding hydrogens is 322 g/mol. The highest BCUT2D eigenvalue weighted by atomic mass is 16.6. The van der Waals surface area contributed by atoms with Gasteiger partial charge < -0.3 is 10.2 Å². The van der Waals surface area contributed by atoms with Crippen molar-refractivity contribution in [3.8, 4) is 0 Å². The summed E-state index contributed by atoms with van der Waals surface area (Å²) in [5.74, 6) is -0.280. The van der Waals surface area contributed by atoms with Crippen LogP contribution in [0.2, 0.25) is 0 Å². The molecule has 0 aliphatic carbocycles. The molecule has 0 saturated carbocycles. The lowest BCUT2D eigenvalue weighted by atomic mass is 10.1. The summed E-state index contributed by atoms with van der Waals surface area (Å²) >= 11 is 0. The van der Waals surface area contributed by atoms with Crippen molar-refractivity contribution in [1.29, 1.82) is 0 Å². The van der Waals surface area contributed by atoms with E-state index in [2.05, 4.69) is 5.32 Å². The summed E-state index contributed by atoms with van der Waals surface area (Å²) < 4.78 is 0. The first-order chi connectivity index (χ1) is 12.0. The zero-order valence-corrected chi connectivity index (χ0v) is 13.7. The maximum Gasteiger partial charge on any atom is 0.272 e. The lowest BCUT2D eigenvalue weighted by Crippen LogP contribution is -2.23. The number of benzene rings is 2. The Morgan fingerprint density at radius 1 is 1.24 bits per heavy atom. The quantitative estimate of drug-likeness (QED) is 0.683. The molecular formula is C18H17N3O4. The van der Waals surface area contributed by atoms with Crippen LogP contribution in [0, 0.1) is 17.0 Å². The lowest BCUT2D eigenvalue weighted by Gasteiger charge is -2.16. The van der Waals surface area contributed by atoms with Gasteiger partial charge in [-0.3, -0.25) is 19.7 Å². The Kier molecular flexibility index (Phi) is 4.47. The average Bonchev–Trinajstić information content (AvgIpc) is 3.00. The largest absolute Gasteiger partial charge is 0.322 e. The molecule has 1 heterocycles. The van der Waals surface area contributed by atoms with Gasteiger partial charge in [0.05, 0.1) is 4.92 Å². The Bertz CT molecular complexity index is 863. The number of nitro groups is 1. The van der Waals surface area contributed by atoms with E-state index in [0.29, 0.717) is 29.8 Å². The minimum absolute atomic E-state index is 0.0221. The van der Waals surface area contributed by atoms with E-state index < -0.39 is 4.92 Å². The van der Waals surface area contributed by atoms with E-state index in [1.54, 1.807) is 30.0 Å². The van der Waals surface area contributed by atoms with E-state index in [-0.39, 0.29) is 17.5 Å². The summed E-state index contributed by atoms with van der Waals surface area (Å²) in [6.07, 6.45) is 1.37. The molecule has 7 nitrogen and oxygen atoms in total. The summed E-state index contributed by atoms with van der Waals surface area (Å²) in [7, 11) is 0. The molecule has 2 aromatic carbocycles. The first-order valence-electron chi connectivity index (χ1n) is 7.92. The van der Waals surface area contributed by atoms with Crippen LogP contribution in [0.3, 0.4) is 0 Å². The normalized spacial score (nSPS) is 13.8. The monoisotopic (exact) mass is 339 g/mol. The fraction of sp³-hybridized carbons (Fsp3) is 0.222. The number of hydrogen-bond acceptors (Lipinski definition) is 4. The number of amides is 2. The third-order valence-corrected chi connectivity index (χ3v) is 4.14. The number of carbonyl (C=O) groups is 2. The summed E-state index contributed by atoms with van der Waals surface area (Å²) in [4.78, 5) is 36.3. The van der Waals surface area contributed by atoms with Gasteiger partial charge in [-0.15, -0.1) is 0 Å². The van der Waals surface area contributed by atoms with Gasteiger partial charge in [0.1, 0.15) is 0 Å². The lowest BCUT2D eigenvalue weighted by molar-refractivity contribution is -0.385. The Balaban J connectivity index is 1.78. The van der Waals surface area contributed by atoms with Crippen molar-refractivity contribution in [2.24, 2.45) is 0 Å². The third kappa shape index (κ3) is 3.50. The summed E-state index contributed by atoms with van der Waals surface area (Å²) in [5, 5.41) is 13.6. The first-order valence-corrected chi connectivity index (χ1v) is 7.92. The number of nitro benzene ring substituents is 1. The topological polar surface area (TPSA) is 92.6 Å². The van der Waals surface area contributed by atoms with Crippen LogP contribution >= 0.6 is 0 Å². The van der Waals surface area contributed by atoms with E-state index in [4.69, 9.17) is 0 Å². The van der Waals surface area contributed by atoms with Crippen molar-refractivity contribution < 1.29 is 14.5 Å². The molecule has 0 radical (unpaired) electrons. The van der Waals surface area contributed by atoms with Crippen LogP contribution in [0.15, 0.2) is 42.5 Å². The molecule has 0 spiro atoms. The van der Waals surface area contributed by atoms with Crippen LogP contribution in [0.4, 0.5) is 17.1 Å². The van der Waals surface area contributed by atoms with Crippen molar-refractivity contribution in [1.82, 2.24) is 0 Å². The smallest absolute Gasteiger partial charge is 0.272 e. The number of aryl methyl sites for hydroxylation is 1. The van der Waals surface area contributed by atoms with E-state index in [0.717, 1.165) is 12.1 Å². The molecule has 25 heavy (non-hydrogen) atoms. The molecule has 2 aromatic rings. The van der Waals surface area contributed by atoms with E-state index >= 15 is 0 Å². The summed E-state index contributed by atoms with van der Waals surface area (Å²) in [6, 6.07) is 11.3. The van der Waals surface area contributed by atoms with Crippen molar-refractivity contribution in [2.45, 2.75) is 19.8 Å². The number of nitrogens with one attached hydrogen (secondary N) is 1. The highest BCUT2D eigenvalue weighted by Crippen LogP contribution is 2.25. The number of anilines is 2. The van der Waals surface area contributed by atoms with Gasteiger partial charge in [-0.1, -0.05) is 6.07 Å². The van der Waals surface area contributed by atoms with Gasteiger partial charge in [-0.25, -0.2) is 0 Å². The van der Waals surface area contributed by atoms with Gasteiger partial charge in [0.25, 0.3) is 11.6 Å². The molecule has 0 atom stereocenters. The predicted molar refractivity (Wildman–Crippen MR) is 93.8 cm³/mol. The number of carbonyl (C=O) groups excluding carboxylic acids is 2. The molecule has 1 aliphatic heterocycles. The molecule has 0 bridgehead atoms. The van der Waals surface area contributed by atoms with E-state index in [9.17, 15) is 19.7 Å². The fourth-order valence-electron chi connectivity index (χ4n) is 2.88. The van der Waals surface area contributed by atoms with Crippen LogP contribution in [0.25, 0.3) is 0 Å². The van der Waals surface area contributed by atoms with Crippen molar-refractivity contribution >= 4 is 28.9 Å². The van der Waals surface area contributed by atoms with Gasteiger partial charge in [0.2, 0.25) is 5.91 Å². The highest BCUT2D eigenvalue weighted by molar-refractivity contribution is 6.05. The van der Waals surface area contributed by atoms with Gasteiger partial charge in [0.15, 0.2) is 0 Å². The summed E-state index contributed by atoms with van der Waals surface area (Å²) in [5.41, 5.74) is 2.06. The Labute approximate surface area is 144 Å². The SMILES string of the molecule is Cc1cc(C(=O)Nc2cccc(N3CCCC3=O)c2)ccc1[N+](=O)[O-]. The Morgan fingerprint density at radius 2 is 2.04 bits per heavy atom. The number of nitrogens with zero attached hydrogens (tertiary/aromatic N) is 2. The molecule has 7 heteroatoms. The van der Waals surface area contributed by atoms with Crippen molar-refractivity contribution in [3.05, 3.63) is 63.7 Å². The second kappa shape index (κ2) is 6.72. The molecule has 1 N–H and O–H groups in total. The average molecular weight is 339 g/mol. The summed E-state index contributed by atoms with van der Waals surface area (Å²) in [6.45, 7) is 2.27. The minimum atomic E-state index is -0.479. The van der Waals surface area contributed by atoms with Crippen LogP contribution in [-0.2, 0) is 4.79 Å². The van der Waals surface area contributed by atoms with Gasteiger partial charge in [-0.2, -0.15) is 0 Å². The fourth-order valence-corrected chi connectivity index (χ4v) is 2.88. The standard InChI is InChI=1S/C18H17N3O4/c1-12-10-13(7-8-16(12)21(24)25)18(23)19-14-4-2-5-15(11-14)20-9-3-6-17(20)22/h2,4-5,7-8,10-11H,3,6,9H2,1H3,(H,19,23). The molecule has 2 amide bonds. The van der Waals surface area contributed by atoms with Crippen molar-refractivity contribution in [3.63, 3.8) is 0 Å². The highest BCUT2D eigenvalue weighted by Gasteiger charge is 2.22. The predicted octanol–water partition coefficient (Wildman–Crippen LogP) is 3.28. The van der Waals surface area contributed by atoms with E-state index in [1.807, 2.05) is 6.07 Å². The first kappa shape index (κ1) is 16.6.